The van der Waals surface area contributed by atoms with Crippen LogP contribution in [0.2, 0.25) is 5.02 Å². The molecule has 3 rings (SSSR count). The fourth-order valence-corrected chi connectivity index (χ4v) is 3.41. The molecule has 1 saturated heterocycles. The second-order valence-corrected chi connectivity index (χ2v) is 7.43. The first kappa shape index (κ1) is 20.0. The zero-order chi connectivity index (χ0) is 19.2. The number of morpholine rings is 1. The molecule has 0 radical (unpaired) electrons. The normalized spacial score (nSPS) is 19.1. The Labute approximate surface area is 167 Å². The fraction of sp³-hybridized carbons (Fsp3) is 0.455. The number of halogens is 1. The summed E-state index contributed by atoms with van der Waals surface area (Å²) in [4.78, 5) is 2.43. The van der Waals surface area contributed by atoms with Crippen molar-refractivity contribution in [1.29, 1.82) is 0 Å². The van der Waals surface area contributed by atoms with Crippen molar-refractivity contribution in [2.45, 2.75) is 39.0 Å². The zero-order valence-corrected chi connectivity index (χ0v) is 17.0. The Bertz CT molecular complexity index is 703. The summed E-state index contributed by atoms with van der Waals surface area (Å²) in [5.41, 5.74) is 1.06. The maximum absolute atomic E-state index is 6.39. The summed E-state index contributed by atoms with van der Waals surface area (Å²) in [5.74, 6) is 1.64. The lowest BCUT2D eigenvalue weighted by Gasteiger charge is -2.39. The third kappa shape index (κ3) is 5.38. The van der Waals surface area contributed by atoms with E-state index >= 15 is 0 Å². The summed E-state index contributed by atoms with van der Waals surface area (Å²) in [5, 5.41) is 0.715. The predicted octanol–water partition coefficient (Wildman–Crippen LogP) is 4.97. The molecule has 0 N–H and O–H groups in total. The number of rotatable bonds is 7. The van der Waals surface area contributed by atoms with Crippen LogP contribution in [0.5, 0.6) is 11.5 Å². The maximum Gasteiger partial charge on any atom is 0.151 e. The topological polar surface area (TPSA) is 30.9 Å². The lowest BCUT2D eigenvalue weighted by atomic mass is 10.0. The molecule has 1 aliphatic heterocycles. The monoisotopic (exact) mass is 389 g/mol. The number of hydrogen-bond acceptors (Lipinski definition) is 4. The van der Waals surface area contributed by atoms with Gasteiger partial charge in [0.15, 0.2) is 6.10 Å². The number of nitrogens with zero attached hydrogens (tertiary/aromatic N) is 1. The molecule has 4 nitrogen and oxygen atoms in total. The Balaban J connectivity index is 1.82. The van der Waals surface area contributed by atoms with Gasteiger partial charge in [0.2, 0.25) is 0 Å². The predicted molar refractivity (Wildman–Crippen MR) is 109 cm³/mol. The van der Waals surface area contributed by atoms with Gasteiger partial charge in [-0.05, 0) is 62.7 Å². The molecule has 0 amide bonds. The van der Waals surface area contributed by atoms with Crippen molar-refractivity contribution in [3.63, 3.8) is 0 Å². The molecule has 0 spiro atoms. The van der Waals surface area contributed by atoms with Gasteiger partial charge in [-0.2, -0.15) is 0 Å². The van der Waals surface area contributed by atoms with Crippen LogP contribution in [0.25, 0.3) is 0 Å². The average Bonchev–Trinajstić information content (AvgIpc) is 2.68. The Morgan fingerprint density at radius 1 is 1.07 bits per heavy atom. The minimum Gasteiger partial charge on any atom is -0.494 e. The van der Waals surface area contributed by atoms with E-state index in [1.54, 1.807) is 0 Å². The summed E-state index contributed by atoms with van der Waals surface area (Å²) >= 11 is 6.08. The van der Waals surface area contributed by atoms with Crippen LogP contribution in [0.4, 0.5) is 0 Å². The molecule has 0 bridgehead atoms. The highest BCUT2D eigenvalue weighted by Gasteiger charge is 2.32. The van der Waals surface area contributed by atoms with E-state index < -0.39 is 0 Å². The van der Waals surface area contributed by atoms with Crippen LogP contribution in [-0.2, 0) is 4.74 Å². The molecule has 1 fully saturated rings. The van der Waals surface area contributed by atoms with Gasteiger partial charge < -0.3 is 14.2 Å². The van der Waals surface area contributed by atoms with E-state index in [0.717, 1.165) is 30.2 Å². The van der Waals surface area contributed by atoms with Gasteiger partial charge in [-0.15, -0.1) is 0 Å². The molecule has 2 unspecified atom stereocenters. The first-order valence-electron chi connectivity index (χ1n) is 9.57. The molecule has 1 heterocycles. The highest BCUT2D eigenvalue weighted by molar-refractivity contribution is 6.30. The van der Waals surface area contributed by atoms with Crippen molar-refractivity contribution in [2.24, 2.45) is 0 Å². The summed E-state index contributed by atoms with van der Waals surface area (Å²) in [6.07, 6.45) is -0.254. The second-order valence-electron chi connectivity index (χ2n) is 6.99. The standard InChI is InChI=1S/C22H28ClNO3/c1-4-25-19-9-11-20(12-10-19)27-22(17-5-7-18(23)8-6-17)21-15-24(16(2)3)13-14-26-21/h5-12,16,21-22H,4,13-15H2,1-3H3. The van der Waals surface area contributed by atoms with Crippen LogP contribution in [0.3, 0.4) is 0 Å². The van der Waals surface area contributed by atoms with E-state index in [-0.39, 0.29) is 12.2 Å². The summed E-state index contributed by atoms with van der Waals surface area (Å²) in [6, 6.07) is 16.0. The van der Waals surface area contributed by atoms with Gasteiger partial charge in [0.1, 0.15) is 17.6 Å². The largest absolute Gasteiger partial charge is 0.494 e. The first-order chi connectivity index (χ1) is 13.1. The third-order valence-electron chi connectivity index (χ3n) is 4.79. The van der Waals surface area contributed by atoms with E-state index in [1.807, 2.05) is 55.5 Å². The van der Waals surface area contributed by atoms with Crippen LogP contribution < -0.4 is 9.47 Å². The van der Waals surface area contributed by atoms with Gasteiger partial charge in [0, 0.05) is 24.2 Å². The highest BCUT2D eigenvalue weighted by Crippen LogP contribution is 2.30. The van der Waals surface area contributed by atoms with Crippen LogP contribution in [0, 0.1) is 0 Å². The SMILES string of the molecule is CCOc1ccc(OC(c2ccc(Cl)cc2)C2CN(C(C)C)CCO2)cc1. The van der Waals surface area contributed by atoms with Gasteiger partial charge in [0.25, 0.3) is 0 Å². The van der Waals surface area contributed by atoms with Gasteiger partial charge in [-0.3, -0.25) is 4.90 Å². The lowest BCUT2D eigenvalue weighted by Crippen LogP contribution is -2.48. The average molecular weight is 390 g/mol. The molecule has 5 heteroatoms. The quantitative estimate of drug-likeness (QED) is 0.669. The van der Waals surface area contributed by atoms with Crippen molar-refractivity contribution >= 4 is 11.6 Å². The molecule has 2 atom stereocenters. The van der Waals surface area contributed by atoms with Gasteiger partial charge in [-0.1, -0.05) is 23.7 Å². The molecule has 27 heavy (non-hydrogen) atoms. The number of ether oxygens (including phenoxy) is 3. The summed E-state index contributed by atoms with van der Waals surface area (Å²) in [6.45, 7) is 9.54. The molecular weight excluding hydrogens is 362 g/mol. The molecule has 146 valence electrons. The molecule has 0 aromatic heterocycles. The highest BCUT2D eigenvalue weighted by atomic mass is 35.5. The maximum atomic E-state index is 6.39. The van der Waals surface area contributed by atoms with Crippen LogP contribution in [0.1, 0.15) is 32.4 Å². The van der Waals surface area contributed by atoms with Gasteiger partial charge in [-0.25, -0.2) is 0 Å². The van der Waals surface area contributed by atoms with Crippen molar-refractivity contribution in [2.75, 3.05) is 26.3 Å². The first-order valence-corrected chi connectivity index (χ1v) is 9.95. The minimum absolute atomic E-state index is 0.0473. The van der Waals surface area contributed by atoms with Crippen LogP contribution in [-0.4, -0.2) is 43.3 Å². The smallest absolute Gasteiger partial charge is 0.151 e. The Morgan fingerprint density at radius 2 is 1.74 bits per heavy atom. The number of hydrogen-bond donors (Lipinski definition) is 0. The minimum atomic E-state index is -0.207. The molecule has 0 saturated carbocycles. The van der Waals surface area contributed by atoms with E-state index in [2.05, 4.69) is 18.7 Å². The summed E-state index contributed by atoms with van der Waals surface area (Å²) < 4.78 is 18.0. The summed E-state index contributed by atoms with van der Waals surface area (Å²) in [7, 11) is 0. The lowest BCUT2D eigenvalue weighted by molar-refractivity contribution is -0.0885. The van der Waals surface area contributed by atoms with E-state index in [4.69, 9.17) is 25.8 Å². The van der Waals surface area contributed by atoms with E-state index in [9.17, 15) is 0 Å². The van der Waals surface area contributed by atoms with Crippen molar-refractivity contribution in [3.8, 4) is 11.5 Å². The molecule has 2 aromatic carbocycles. The van der Waals surface area contributed by atoms with E-state index in [1.165, 1.54) is 0 Å². The number of benzene rings is 2. The Hall–Kier alpha value is -1.75. The fourth-order valence-electron chi connectivity index (χ4n) is 3.29. The third-order valence-corrected chi connectivity index (χ3v) is 5.04. The van der Waals surface area contributed by atoms with Crippen LogP contribution in [0.15, 0.2) is 48.5 Å². The van der Waals surface area contributed by atoms with Crippen molar-refractivity contribution < 1.29 is 14.2 Å². The Morgan fingerprint density at radius 3 is 2.37 bits per heavy atom. The van der Waals surface area contributed by atoms with Gasteiger partial charge in [0.05, 0.1) is 13.2 Å². The zero-order valence-electron chi connectivity index (χ0n) is 16.2. The van der Waals surface area contributed by atoms with E-state index in [0.29, 0.717) is 24.3 Å². The molecule has 0 aliphatic carbocycles. The molecule has 2 aromatic rings. The van der Waals surface area contributed by atoms with Gasteiger partial charge >= 0.3 is 0 Å². The second kappa shape index (κ2) is 9.45. The molecular formula is C22H28ClNO3. The Kier molecular flexibility index (Phi) is 7.00. The van der Waals surface area contributed by atoms with Crippen molar-refractivity contribution in [3.05, 3.63) is 59.1 Å². The van der Waals surface area contributed by atoms with Crippen LogP contribution >= 0.6 is 11.6 Å². The molecule has 1 aliphatic rings. The van der Waals surface area contributed by atoms with Crippen molar-refractivity contribution in [1.82, 2.24) is 4.90 Å².